The van der Waals surface area contributed by atoms with E-state index in [4.69, 9.17) is 28.9 Å². The van der Waals surface area contributed by atoms with E-state index in [1.165, 1.54) is 5.56 Å². The second-order valence-corrected chi connectivity index (χ2v) is 5.80. The maximum Gasteiger partial charge on any atom is 0.0461 e. The highest BCUT2D eigenvalue weighted by Gasteiger charge is 2.02. The Hall–Kier alpha value is -0.830. The van der Waals surface area contributed by atoms with E-state index in [-0.39, 0.29) is 0 Å². The molecule has 94 valence electrons. The molecular weight excluding hydrogens is 285 g/mol. The SMILES string of the molecule is Nc1ccc(CSCc2ccc(Cl)cc2Cl)cc1. The van der Waals surface area contributed by atoms with Gasteiger partial charge >= 0.3 is 0 Å². The highest BCUT2D eigenvalue weighted by Crippen LogP contribution is 2.26. The molecule has 0 fully saturated rings. The van der Waals surface area contributed by atoms with Crippen LogP contribution in [0, 0.1) is 0 Å². The molecule has 2 rings (SSSR count). The van der Waals surface area contributed by atoms with Gasteiger partial charge in [0.2, 0.25) is 0 Å². The normalized spacial score (nSPS) is 10.6. The van der Waals surface area contributed by atoms with E-state index < -0.39 is 0 Å². The van der Waals surface area contributed by atoms with E-state index in [1.807, 2.05) is 48.2 Å². The minimum absolute atomic E-state index is 0.673. The molecule has 0 aliphatic heterocycles. The Morgan fingerprint density at radius 3 is 2.33 bits per heavy atom. The Labute approximate surface area is 121 Å². The number of rotatable bonds is 4. The number of thioether (sulfide) groups is 1. The van der Waals surface area contributed by atoms with Crippen LogP contribution < -0.4 is 5.73 Å². The summed E-state index contributed by atoms with van der Waals surface area (Å²) in [6.45, 7) is 0. The van der Waals surface area contributed by atoms with Crippen LogP contribution >= 0.6 is 35.0 Å². The Morgan fingerprint density at radius 1 is 0.944 bits per heavy atom. The number of anilines is 1. The molecule has 1 nitrogen and oxygen atoms in total. The first kappa shape index (κ1) is 13.6. The average molecular weight is 298 g/mol. The number of nitrogen functional groups attached to an aromatic ring is 1. The molecule has 0 heterocycles. The summed E-state index contributed by atoms with van der Waals surface area (Å²) in [5, 5.41) is 1.40. The highest BCUT2D eigenvalue weighted by molar-refractivity contribution is 7.97. The van der Waals surface area contributed by atoms with Crippen LogP contribution in [-0.4, -0.2) is 0 Å². The van der Waals surface area contributed by atoms with Gasteiger partial charge in [0.15, 0.2) is 0 Å². The molecular formula is C14H13Cl2NS. The Morgan fingerprint density at radius 2 is 1.67 bits per heavy atom. The predicted octanol–water partition coefficient (Wildman–Crippen LogP) is 5.01. The number of hydrogen-bond acceptors (Lipinski definition) is 2. The largest absolute Gasteiger partial charge is 0.399 e. The van der Waals surface area contributed by atoms with Crippen molar-refractivity contribution in [1.82, 2.24) is 0 Å². The van der Waals surface area contributed by atoms with Gasteiger partial charge in [0.1, 0.15) is 0 Å². The van der Waals surface area contributed by atoms with Crippen LogP contribution in [0.15, 0.2) is 42.5 Å². The quantitative estimate of drug-likeness (QED) is 0.803. The van der Waals surface area contributed by atoms with Crippen LogP contribution in [0.25, 0.3) is 0 Å². The summed E-state index contributed by atoms with van der Waals surface area (Å²) in [5.74, 6) is 1.82. The van der Waals surface area contributed by atoms with Crippen molar-refractivity contribution in [1.29, 1.82) is 0 Å². The third-order valence-corrected chi connectivity index (χ3v) is 4.16. The van der Waals surface area contributed by atoms with E-state index in [9.17, 15) is 0 Å². The van der Waals surface area contributed by atoms with Crippen molar-refractivity contribution in [2.45, 2.75) is 11.5 Å². The van der Waals surface area contributed by atoms with Gasteiger partial charge in [-0.05, 0) is 35.4 Å². The van der Waals surface area contributed by atoms with E-state index in [0.29, 0.717) is 5.02 Å². The molecule has 2 aromatic rings. The minimum atomic E-state index is 0.673. The lowest BCUT2D eigenvalue weighted by Gasteiger charge is -2.05. The third kappa shape index (κ3) is 3.84. The molecule has 0 aliphatic carbocycles. The fraction of sp³-hybridized carbons (Fsp3) is 0.143. The molecule has 0 saturated heterocycles. The zero-order chi connectivity index (χ0) is 13.0. The lowest BCUT2D eigenvalue weighted by Crippen LogP contribution is -1.87. The Balaban J connectivity index is 1.90. The van der Waals surface area contributed by atoms with Crippen LogP contribution in [0.4, 0.5) is 5.69 Å². The van der Waals surface area contributed by atoms with Gasteiger partial charge in [-0.3, -0.25) is 0 Å². The number of nitrogens with two attached hydrogens (primary N) is 1. The lowest BCUT2D eigenvalue weighted by atomic mass is 10.2. The van der Waals surface area contributed by atoms with E-state index >= 15 is 0 Å². The monoisotopic (exact) mass is 297 g/mol. The number of benzene rings is 2. The lowest BCUT2D eigenvalue weighted by molar-refractivity contribution is 1.36. The first-order valence-corrected chi connectivity index (χ1v) is 7.42. The van der Waals surface area contributed by atoms with Crippen molar-refractivity contribution >= 4 is 40.7 Å². The van der Waals surface area contributed by atoms with E-state index in [2.05, 4.69) is 0 Å². The highest BCUT2D eigenvalue weighted by atomic mass is 35.5. The summed E-state index contributed by atoms with van der Waals surface area (Å²) in [4.78, 5) is 0. The van der Waals surface area contributed by atoms with Crippen molar-refractivity contribution in [2.24, 2.45) is 0 Å². The standard InChI is InChI=1S/C14H13Cl2NS/c15-12-4-3-11(14(16)7-12)9-18-8-10-1-5-13(17)6-2-10/h1-7H,8-9,17H2. The topological polar surface area (TPSA) is 26.0 Å². The fourth-order valence-corrected chi connectivity index (χ4v) is 3.09. The molecule has 2 aromatic carbocycles. The third-order valence-electron chi connectivity index (χ3n) is 2.52. The smallest absolute Gasteiger partial charge is 0.0461 e. The fourth-order valence-electron chi connectivity index (χ4n) is 1.53. The molecule has 0 unspecified atom stereocenters. The predicted molar refractivity (Wildman–Crippen MR) is 82.3 cm³/mol. The number of hydrogen-bond donors (Lipinski definition) is 1. The van der Waals surface area contributed by atoms with Crippen LogP contribution in [0.5, 0.6) is 0 Å². The molecule has 0 aromatic heterocycles. The second kappa shape index (κ2) is 6.37. The van der Waals surface area contributed by atoms with Gasteiger partial charge in [-0.25, -0.2) is 0 Å². The summed E-state index contributed by atoms with van der Waals surface area (Å²) in [6, 6.07) is 13.6. The van der Waals surface area contributed by atoms with Gasteiger partial charge in [0, 0.05) is 27.2 Å². The van der Waals surface area contributed by atoms with Crippen molar-refractivity contribution in [2.75, 3.05) is 5.73 Å². The van der Waals surface area contributed by atoms with Crippen LogP contribution in [0.1, 0.15) is 11.1 Å². The van der Waals surface area contributed by atoms with Gasteiger partial charge in [-0.2, -0.15) is 11.8 Å². The van der Waals surface area contributed by atoms with Crippen molar-refractivity contribution in [3.05, 3.63) is 63.6 Å². The van der Waals surface area contributed by atoms with E-state index in [0.717, 1.165) is 27.8 Å². The zero-order valence-corrected chi connectivity index (χ0v) is 12.0. The summed E-state index contributed by atoms with van der Waals surface area (Å²) < 4.78 is 0. The first-order valence-electron chi connectivity index (χ1n) is 5.51. The van der Waals surface area contributed by atoms with Crippen LogP contribution in [-0.2, 0) is 11.5 Å². The molecule has 0 spiro atoms. The van der Waals surface area contributed by atoms with Gasteiger partial charge in [-0.1, -0.05) is 41.4 Å². The average Bonchev–Trinajstić information content (AvgIpc) is 2.34. The minimum Gasteiger partial charge on any atom is -0.399 e. The summed E-state index contributed by atoms with van der Waals surface area (Å²) in [7, 11) is 0. The second-order valence-electron chi connectivity index (χ2n) is 3.97. The maximum absolute atomic E-state index is 6.12. The number of halogens is 2. The molecule has 2 N–H and O–H groups in total. The molecule has 0 atom stereocenters. The molecule has 0 bridgehead atoms. The van der Waals surface area contributed by atoms with Crippen molar-refractivity contribution < 1.29 is 0 Å². The molecule has 0 saturated carbocycles. The van der Waals surface area contributed by atoms with Gasteiger partial charge in [0.05, 0.1) is 0 Å². The van der Waals surface area contributed by atoms with Crippen molar-refractivity contribution in [3.63, 3.8) is 0 Å². The molecule has 0 amide bonds. The summed E-state index contributed by atoms with van der Waals surface area (Å²) in [5.41, 5.74) is 8.82. The maximum atomic E-state index is 6.12. The zero-order valence-electron chi connectivity index (χ0n) is 9.70. The van der Waals surface area contributed by atoms with Crippen LogP contribution in [0.2, 0.25) is 10.0 Å². The summed E-state index contributed by atoms with van der Waals surface area (Å²) >= 11 is 13.8. The molecule has 18 heavy (non-hydrogen) atoms. The Kier molecular flexibility index (Phi) is 4.81. The molecule has 4 heteroatoms. The van der Waals surface area contributed by atoms with Crippen molar-refractivity contribution in [3.8, 4) is 0 Å². The van der Waals surface area contributed by atoms with Gasteiger partial charge < -0.3 is 5.73 Å². The Bertz CT molecular complexity index is 526. The first-order chi connectivity index (χ1) is 8.65. The molecule has 0 radical (unpaired) electrons. The van der Waals surface area contributed by atoms with Gasteiger partial charge in [0.25, 0.3) is 0 Å². The van der Waals surface area contributed by atoms with Crippen LogP contribution in [0.3, 0.4) is 0 Å². The van der Waals surface area contributed by atoms with E-state index in [1.54, 1.807) is 6.07 Å². The van der Waals surface area contributed by atoms with Gasteiger partial charge in [-0.15, -0.1) is 0 Å². The summed E-state index contributed by atoms with van der Waals surface area (Å²) in [6.07, 6.45) is 0. The molecule has 0 aliphatic rings.